The van der Waals surface area contributed by atoms with Crippen molar-refractivity contribution in [2.45, 2.75) is 20.0 Å². The molecule has 1 aromatic heterocycles. The SMILES string of the molecule is Cc1ccc(O)c(CNCc2ccno2)c1. The Kier molecular flexibility index (Phi) is 3.22. The molecule has 0 saturated heterocycles. The molecule has 0 amide bonds. The van der Waals surface area contributed by atoms with Crippen molar-refractivity contribution in [3.05, 3.63) is 47.3 Å². The van der Waals surface area contributed by atoms with Crippen LogP contribution in [0.5, 0.6) is 5.75 Å². The summed E-state index contributed by atoms with van der Waals surface area (Å²) >= 11 is 0. The molecule has 0 spiro atoms. The molecule has 0 fully saturated rings. The lowest BCUT2D eigenvalue weighted by atomic mass is 10.1. The first-order valence-corrected chi connectivity index (χ1v) is 5.14. The number of aromatic hydroxyl groups is 1. The van der Waals surface area contributed by atoms with Crippen LogP contribution in [-0.2, 0) is 13.1 Å². The Morgan fingerprint density at radius 1 is 1.31 bits per heavy atom. The van der Waals surface area contributed by atoms with Gasteiger partial charge in [0.2, 0.25) is 0 Å². The number of phenols is 1. The van der Waals surface area contributed by atoms with Crippen LogP contribution in [0.15, 0.2) is 35.0 Å². The van der Waals surface area contributed by atoms with E-state index in [0.29, 0.717) is 18.8 Å². The van der Waals surface area contributed by atoms with Gasteiger partial charge in [0.15, 0.2) is 0 Å². The maximum absolute atomic E-state index is 9.62. The summed E-state index contributed by atoms with van der Waals surface area (Å²) in [6.45, 7) is 3.21. The summed E-state index contributed by atoms with van der Waals surface area (Å²) in [6, 6.07) is 7.36. The second-order valence-corrected chi connectivity index (χ2v) is 3.71. The Hall–Kier alpha value is -1.81. The smallest absolute Gasteiger partial charge is 0.150 e. The Bertz CT molecular complexity index is 452. The van der Waals surface area contributed by atoms with Gasteiger partial charge in [-0.3, -0.25) is 0 Å². The molecule has 2 aromatic rings. The average Bonchev–Trinajstić information content (AvgIpc) is 2.76. The van der Waals surface area contributed by atoms with Crippen molar-refractivity contribution in [1.29, 1.82) is 0 Å². The summed E-state index contributed by atoms with van der Waals surface area (Å²) in [6.07, 6.45) is 1.61. The van der Waals surface area contributed by atoms with Gasteiger partial charge in [-0.05, 0) is 13.0 Å². The molecule has 4 nitrogen and oxygen atoms in total. The van der Waals surface area contributed by atoms with E-state index in [0.717, 1.165) is 16.9 Å². The first-order chi connectivity index (χ1) is 7.75. The fraction of sp³-hybridized carbons (Fsp3) is 0.250. The number of rotatable bonds is 4. The summed E-state index contributed by atoms with van der Waals surface area (Å²) in [5.41, 5.74) is 2.02. The molecule has 0 aliphatic heterocycles. The van der Waals surface area contributed by atoms with E-state index in [1.807, 2.05) is 25.1 Å². The van der Waals surface area contributed by atoms with Gasteiger partial charge >= 0.3 is 0 Å². The predicted octanol–water partition coefficient (Wildman–Crippen LogP) is 1.98. The second-order valence-electron chi connectivity index (χ2n) is 3.71. The lowest BCUT2D eigenvalue weighted by Gasteiger charge is -2.06. The molecule has 0 radical (unpaired) electrons. The molecule has 16 heavy (non-hydrogen) atoms. The predicted molar refractivity (Wildman–Crippen MR) is 59.9 cm³/mol. The van der Waals surface area contributed by atoms with E-state index in [4.69, 9.17) is 4.52 Å². The van der Waals surface area contributed by atoms with Gasteiger partial charge in [0, 0.05) is 18.2 Å². The van der Waals surface area contributed by atoms with E-state index in [1.165, 1.54) is 0 Å². The van der Waals surface area contributed by atoms with Crippen LogP contribution in [0.2, 0.25) is 0 Å². The van der Waals surface area contributed by atoms with Crippen molar-refractivity contribution in [2.24, 2.45) is 0 Å². The summed E-state index contributed by atoms with van der Waals surface area (Å²) < 4.78 is 4.95. The van der Waals surface area contributed by atoms with Gasteiger partial charge in [-0.1, -0.05) is 22.9 Å². The molecule has 2 rings (SSSR count). The highest BCUT2D eigenvalue weighted by Crippen LogP contribution is 2.17. The fourth-order valence-corrected chi connectivity index (χ4v) is 1.51. The van der Waals surface area contributed by atoms with E-state index in [9.17, 15) is 5.11 Å². The van der Waals surface area contributed by atoms with E-state index in [-0.39, 0.29) is 0 Å². The summed E-state index contributed by atoms with van der Waals surface area (Å²) in [7, 11) is 0. The third kappa shape index (κ3) is 2.61. The molecule has 4 heteroatoms. The summed E-state index contributed by atoms with van der Waals surface area (Å²) in [5.74, 6) is 1.10. The zero-order valence-electron chi connectivity index (χ0n) is 9.10. The lowest BCUT2D eigenvalue weighted by molar-refractivity contribution is 0.372. The molecule has 0 atom stereocenters. The number of hydrogen-bond acceptors (Lipinski definition) is 4. The number of nitrogens with one attached hydrogen (secondary N) is 1. The van der Waals surface area contributed by atoms with Crippen LogP contribution in [0.4, 0.5) is 0 Å². The normalized spacial score (nSPS) is 10.6. The number of aromatic nitrogens is 1. The van der Waals surface area contributed by atoms with Crippen LogP contribution in [0.3, 0.4) is 0 Å². The maximum atomic E-state index is 9.62. The van der Waals surface area contributed by atoms with Crippen molar-refractivity contribution in [3.63, 3.8) is 0 Å². The monoisotopic (exact) mass is 218 g/mol. The molecule has 0 unspecified atom stereocenters. The molecule has 1 aromatic carbocycles. The molecule has 0 saturated carbocycles. The molecule has 1 heterocycles. The number of aryl methyl sites for hydroxylation is 1. The minimum absolute atomic E-state index is 0.315. The van der Waals surface area contributed by atoms with Crippen molar-refractivity contribution in [2.75, 3.05) is 0 Å². The van der Waals surface area contributed by atoms with E-state index >= 15 is 0 Å². The van der Waals surface area contributed by atoms with E-state index in [1.54, 1.807) is 12.3 Å². The van der Waals surface area contributed by atoms with Crippen LogP contribution in [0.1, 0.15) is 16.9 Å². The summed E-state index contributed by atoms with van der Waals surface area (Å²) in [5, 5.41) is 16.4. The Balaban J connectivity index is 1.92. The average molecular weight is 218 g/mol. The number of benzene rings is 1. The minimum Gasteiger partial charge on any atom is -0.508 e. The van der Waals surface area contributed by atoms with Crippen LogP contribution >= 0.6 is 0 Å². The molecule has 0 aliphatic rings. The van der Waals surface area contributed by atoms with Crippen LogP contribution in [0, 0.1) is 6.92 Å². The quantitative estimate of drug-likeness (QED) is 0.823. The van der Waals surface area contributed by atoms with Gasteiger partial charge in [-0.25, -0.2) is 0 Å². The first kappa shape index (κ1) is 10.7. The molecule has 0 bridgehead atoms. The third-order valence-electron chi connectivity index (χ3n) is 2.34. The summed E-state index contributed by atoms with van der Waals surface area (Å²) in [4.78, 5) is 0. The standard InChI is InChI=1S/C12H14N2O2/c1-9-2-3-12(15)10(6-9)7-13-8-11-4-5-14-16-11/h2-6,13,15H,7-8H2,1H3. The van der Waals surface area contributed by atoms with E-state index < -0.39 is 0 Å². The minimum atomic E-state index is 0.315. The second kappa shape index (κ2) is 4.81. The topological polar surface area (TPSA) is 58.3 Å². The fourth-order valence-electron chi connectivity index (χ4n) is 1.51. The van der Waals surface area contributed by atoms with E-state index in [2.05, 4.69) is 10.5 Å². The molecular weight excluding hydrogens is 204 g/mol. The number of nitrogens with zero attached hydrogens (tertiary/aromatic N) is 1. The molecule has 84 valence electrons. The maximum Gasteiger partial charge on any atom is 0.150 e. The number of hydrogen-bond donors (Lipinski definition) is 2. The van der Waals surface area contributed by atoms with Gasteiger partial charge in [0.25, 0.3) is 0 Å². The largest absolute Gasteiger partial charge is 0.508 e. The van der Waals surface area contributed by atoms with Gasteiger partial charge in [-0.2, -0.15) is 0 Å². The van der Waals surface area contributed by atoms with Crippen molar-refractivity contribution in [1.82, 2.24) is 10.5 Å². The van der Waals surface area contributed by atoms with Crippen molar-refractivity contribution >= 4 is 0 Å². The first-order valence-electron chi connectivity index (χ1n) is 5.14. The third-order valence-corrected chi connectivity index (χ3v) is 2.34. The van der Waals surface area contributed by atoms with Crippen LogP contribution < -0.4 is 5.32 Å². The van der Waals surface area contributed by atoms with Gasteiger partial charge < -0.3 is 14.9 Å². The Morgan fingerprint density at radius 3 is 2.94 bits per heavy atom. The van der Waals surface area contributed by atoms with Gasteiger partial charge in [-0.15, -0.1) is 0 Å². The zero-order valence-corrected chi connectivity index (χ0v) is 9.10. The molecule has 0 aliphatic carbocycles. The number of phenolic OH excluding ortho intramolecular Hbond substituents is 1. The highest BCUT2D eigenvalue weighted by atomic mass is 16.5. The van der Waals surface area contributed by atoms with Crippen LogP contribution in [-0.4, -0.2) is 10.3 Å². The van der Waals surface area contributed by atoms with Crippen molar-refractivity contribution < 1.29 is 9.63 Å². The highest BCUT2D eigenvalue weighted by Gasteiger charge is 2.02. The van der Waals surface area contributed by atoms with Gasteiger partial charge in [0.05, 0.1) is 12.7 Å². The van der Waals surface area contributed by atoms with Crippen LogP contribution in [0.25, 0.3) is 0 Å². The Labute approximate surface area is 93.9 Å². The highest BCUT2D eigenvalue weighted by molar-refractivity contribution is 5.35. The lowest BCUT2D eigenvalue weighted by Crippen LogP contribution is -2.12. The Morgan fingerprint density at radius 2 is 2.19 bits per heavy atom. The van der Waals surface area contributed by atoms with Gasteiger partial charge in [0.1, 0.15) is 11.5 Å². The molecule has 2 N–H and O–H groups in total. The van der Waals surface area contributed by atoms with Crippen molar-refractivity contribution in [3.8, 4) is 5.75 Å². The molecular formula is C12H14N2O2. The zero-order chi connectivity index (χ0) is 11.4.